The summed E-state index contributed by atoms with van der Waals surface area (Å²) in [7, 11) is -3.37. The number of nitro groups is 1. The summed E-state index contributed by atoms with van der Waals surface area (Å²) in [6, 6.07) is 5.08. The van der Waals surface area contributed by atoms with E-state index in [1.807, 2.05) is 0 Å². The van der Waals surface area contributed by atoms with E-state index in [9.17, 15) is 18.5 Å². The first-order valence-electron chi connectivity index (χ1n) is 6.68. The van der Waals surface area contributed by atoms with Crippen LogP contribution >= 0.6 is 0 Å². The second-order valence-electron chi connectivity index (χ2n) is 4.97. The fourth-order valence-electron chi connectivity index (χ4n) is 2.33. The Morgan fingerprint density at radius 1 is 1.10 bits per heavy atom. The fourth-order valence-corrected chi connectivity index (χ4v) is 3.61. The van der Waals surface area contributed by atoms with Gasteiger partial charge in [0.25, 0.3) is 5.69 Å². The van der Waals surface area contributed by atoms with Crippen molar-refractivity contribution in [3.63, 3.8) is 0 Å². The Hall–Kier alpha value is -1.47. The maximum absolute atomic E-state index is 12.2. The Bertz CT molecular complexity index is 563. The Labute approximate surface area is 118 Å². The van der Waals surface area contributed by atoms with Crippen molar-refractivity contribution in [1.82, 2.24) is 4.90 Å². The van der Waals surface area contributed by atoms with Gasteiger partial charge in [0.1, 0.15) is 0 Å². The average Bonchev–Trinajstić information content (AvgIpc) is 2.46. The summed E-state index contributed by atoms with van der Waals surface area (Å²) in [6.07, 6.45) is 3.46. The molecule has 7 heteroatoms. The second kappa shape index (κ2) is 6.32. The minimum atomic E-state index is -3.37. The van der Waals surface area contributed by atoms with Crippen LogP contribution in [0.2, 0.25) is 0 Å². The number of likely N-dealkylation sites (tertiary alicyclic amines) is 1. The lowest BCUT2D eigenvalue weighted by atomic mass is 10.1. The number of nitrogens with zero attached hydrogens (tertiary/aromatic N) is 2. The van der Waals surface area contributed by atoms with Gasteiger partial charge in [0.05, 0.1) is 15.6 Å². The Morgan fingerprint density at radius 3 is 2.25 bits per heavy atom. The van der Waals surface area contributed by atoms with E-state index in [-0.39, 0.29) is 16.3 Å². The highest BCUT2D eigenvalue weighted by Crippen LogP contribution is 2.17. The molecule has 1 heterocycles. The van der Waals surface area contributed by atoms with Gasteiger partial charge in [-0.15, -0.1) is 0 Å². The van der Waals surface area contributed by atoms with Crippen LogP contribution in [0.3, 0.4) is 0 Å². The number of piperidine rings is 1. The maximum atomic E-state index is 12.2. The lowest BCUT2D eigenvalue weighted by Gasteiger charge is -2.26. The van der Waals surface area contributed by atoms with Crippen LogP contribution < -0.4 is 0 Å². The van der Waals surface area contributed by atoms with Gasteiger partial charge in [-0.3, -0.25) is 10.1 Å². The molecule has 6 nitrogen and oxygen atoms in total. The van der Waals surface area contributed by atoms with E-state index in [0.717, 1.165) is 25.9 Å². The van der Waals surface area contributed by atoms with E-state index in [4.69, 9.17) is 0 Å². The van der Waals surface area contributed by atoms with Gasteiger partial charge >= 0.3 is 0 Å². The first-order valence-corrected chi connectivity index (χ1v) is 8.34. The first kappa shape index (κ1) is 14.9. The predicted octanol–water partition coefficient (Wildman–Crippen LogP) is 1.85. The highest BCUT2D eigenvalue weighted by molar-refractivity contribution is 7.91. The molecular weight excluding hydrogens is 280 g/mol. The van der Waals surface area contributed by atoms with Crippen molar-refractivity contribution >= 4 is 15.5 Å². The highest BCUT2D eigenvalue weighted by atomic mass is 32.2. The second-order valence-corrected chi connectivity index (χ2v) is 7.08. The van der Waals surface area contributed by atoms with Crippen molar-refractivity contribution in [3.05, 3.63) is 34.4 Å². The molecule has 0 radical (unpaired) electrons. The number of rotatable bonds is 5. The van der Waals surface area contributed by atoms with Crippen LogP contribution in [0.25, 0.3) is 0 Å². The summed E-state index contributed by atoms with van der Waals surface area (Å²) >= 11 is 0. The summed E-state index contributed by atoms with van der Waals surface area (Å²) < 4.78 is 24.3. The first-order chi connectivity index (χ1) is 9.49. The van der Waals surface area contributed by atoms with Crippen LogP contribution in [0.1, 0.15) is 19.3 Å². The minimum Gasteiger partial charge on any atom is -0.302 e. The van der Waals surface area contributed by atoms with Gasteiger partial charge < -0.3 is 4.90 Å². The fraction of sp³-hybridized carbons (Fsp3) is 0.538. The third-order valence-electron chi connectivity index (χ3n) is 3.53. The number of non-ortho nitro benzene ring substituents is 1. The van der Waals surface area contributed by atoms with Gasteiger partial charge in [0.2, 0.25) is 0 Å². The Balaban J connectivity index is 2.00. The molecule has 0 spiro atoms. The minimum absolute atomic E-state index is 0.0603. The SMILES string of the molecule is O=[N+]([O-])c1ccc(S(=O)(=O)CCN2CCCCC2)cc1. The molecule has 2 rings (SSSR count). The standard InChI is InChI=1S/C13H18N2O4S/c16-15(17)12-4-6-13(7-5-12)20(18,19)11-10-14-8-2-1-3-9-14/h4-7H,1-3,8-11H2. The van der Waals surface area contributed by atoms with Gasteiger partial charge in [-0.1, -0.05) is 6.42 Å². The molecule has 1 aliphatic rings. The Kier molecular flexibility index (Phi) is 4.72. The lowest BCUT2D eigenvalue weighted by Crippen LogP contribution is -2.33. The maximum Gasteiger partial charge on any atom is 0.269 e. The van der Waals surface area contributed by atoms with E-state index in [0.29, 0.717) is 6.54 Å². The quantitative estimate of drug-likeness (QED) is 0.612. The lowest BCUT2D eigenvalue weighted by molar-refractivity contribution is -0.384. The summed E-state index contributed by atoms with van der Waals surface area (Å²) in [6.45, 7) is 2.44. The van der Waals surface area contributed by atoms with Crippen molar-refractivity contribution in [2.45, 2.75) is 24.2 Å². The summed E-state index contributed by atoms with van der Waals surface area (Å²) in [5, 5.41) is 10.5. The zero-order valence-corrected chi connectivity index (χ0v) is 12.0. The number of benzene rings is 1. The summed E-state index contributed by atoms with van der Waals surface area (Å²) in [5.74, 6) is 0.0603. The van der Waals surface area contributed by atoms with E-state index < -0.39 is 14.8 Å². The van der Waals surface area contributed by atoms with Crippen LogP contribution in [0.15, 0.2) is 29.2 Å². The van der Waals surface area contributed by atoms with E-state index in [1.54, 1.807) is 0 Å². The molecule has 0 saturated carbocycles. The summed E-state index contributed by atoms with van der Waals surface area (Å²) in [5.41, 5.74) is -0.0972. The molecule has 0 N–H and O–H groups in total. The molecule has 1 aromatic rings. The molecule has 20 heavy (non-hydrogen) atoms. The summed E-state index contributed by atoms with van der Waals surface area (Å²) in [4.78, 5) is 12.3. The van der Waals surface area contributed by atoms with Gasteiger partial charge in [0.15, 0.2) is 9.84 Å². The monoisotopic (exact) mass is 298 g/mol. The zero-order chi connectivity index (χ0) is 14.6. The molecule has 0 aromatic heterocycles. The third kappa shape index (κ3) is 3.77. The van der Waals surface area contributed by atoms with Crippen LogP contribution in [0, 0.1) is 10.1 Å². The van der Waals surface area contributed by atoms with Crippen molar-refractivity contribution in [2.24, 2.45) is 0 Å². The molecule has 1 fully saturated rings. The number of hydrogen-bond donors (Lipinski definition) is 0. The van der Waals surface area contributed by atoms with Crippen molar-refractivity contribution < 1.29 is 13.3 Å². The largest absolute Gasteiger partial charge is 0.302 e. The molecule has 110 valence electrons. The van der Waals surface area contributed by atoms with Crippen molar-refractivity contribution in [1.29, 1.82) is 0 Å². The van der Waals surface area contributed by atoms with Gasteiger partial charge in [-0.25, -0.2) is 8.42 Å². The molecule has 0 aliphatic carbocycles. The topological polar surface area (TPSA) is 80.5 Å². The van der Waals surface area contributed by atoms with Crippen LogP contribution in [0.4, 0.5) is 5.69 Å². The van der Waals surface area contributed by atoms with E-state index in [2.05, 4.69) is 4.90 Å². The Morgan fingerprint density at radius 2 is 1.70 bits per heavy atom. The average molecular weight is 298 g/mol. The smallest absolute Gasteiger partial charge is 0.269 e. The van der Waals surface area contributed by atoms with Crippen LogP contribution in [0.5, 0.6) is 0 Å². The van der Waals surface area contributed by atoms with Crippen molar-refractivity contribution in [2.75, 3.05) is 25.4 Å². The van der Waals surface area contributed by atoms with Crippen molar-refractivity contribution in [3.8, 4) is 0 Å². The van der Waals surface area contributed by atoms with Gasteiger partial charge in [0, 0.05) is 18.7 Å². The van der Waals surface area contributed by atoms with E-state index >= 15 is 0 Å². The molecule has 1 saturated heterocycles. The molecular formula is C13H18N2O4S. The molecule has 1 aliphatic heterocycles. The van der Waals surface area contributed by atoms with Gasteiger partial charge in [-0.2, -0.15) is 0 Å². The zero-order valence-electron chi connectivity index (χ0n) is 11.2. The number of hydrogen-bond acceptors (Lipinski definition) is 5. The normalized spacial score (nSPS) is 17.0. The molecule has 0 bridgehead atoms. The highest BCUT2D eigenvalue weighted by Gasteiger charge is 2.18. The molecule has 0 amide bonds. The molecule has 0 atom stereocenters. The molecule has 0 unspecified atom stereocenters. The predicted molar refractivity (Wildman–Crippen MR) is 75.4 cm³/mol. The number of sulfone groups is 1. The van der Waals surface area contributed by atoms with Gasteiger partial charge in [-0.05, 0) is 38.1 Å². The third-order valence-corrected chi connectivity index (χ3v) is 5.24. The van der Waals surface area contributed by atoms with E-state index in [1.165, 1.54) is 30.7 Å². The van der Waals surface area contributed by atoms with Crippen LogP contribution in [-0.2, 0) is 9.84 Å². The van der Waals surface area contributed by atoms with Crippen LogP contribution in [-0.4, -0.2) is 43.6 Å². The number of nitro benzene ring substituents is 1. The molecule has 1 aromatic carbocycles.